The molecule has 2 heterocycles. The van der Waals surface area contributed by atoms with Crippen molar-refractivity contribution in [2.24, 2.45) is 0 Å². The molecule has 33 heavy (non-hydrogen) atoms. The lowest BCUT2D eigenvalue weighted by Crippen LogP contribution is -2.64. The number of benzene rings is 1. The second-order valence-electron chi connectivity index (χ2n) is 7.50. The molecule has 2 unspecified atom stereocenters. The molecule has 2 aliphatic rings. The lowest BCUT2D eigenvalue weighted by Gasteiger charge is -2.42. The Bertz CT molecular complexity index is 987. The molecule has 0 aliphatic carbocycles. The van der Waals surface area contributed by atoms with Gasteiger partial charge in [-0.2, -0.15) is 0 Å². The van der Waals surface area contributed by atoms with Crippen LogP contribution in [0.4, 0.5) is 4.79 Å². The molecular formula is C20H22ClN5O7. The molecule has 176 valence electrons. The Morgan fingerprint density at radius 1 is 1.24 bits per heavy atom. The van der Waals surface area contributed by atoms with E-state index in [1.165, 1.54) is 12.1 Å². The van der Waals surface area contributed by atoms with Crippen molar-refractivity contribution in [1.82, 2.24) is 25.8 Å². The van der Waals surface area contributed by atoms with Crippen LogP contribution in [0.5, 0.6) is 0 Å². The number of carboxylic acid groups (broad SMARTS) is 1. The topological polar surface area (TPSA) is 156 Å². The minimum atomic E-state index is -1.29. The second-order valence-corrected chi connectivity index (χ2v) is 7.94. The molecule has 12 nitrogen and oxygen atoms in total. The first-order valence-electron chi connectivity index (χ1n) is 10.2. The van der Waals surface area contributed by atoms with E-state index in [-0.39, 0.29) is 31.5 Å². The maximum Gasteiger partial charge on any atom is 0.358 e. The predicted molar refractivity (Wildman–Crippen MR) is 112 cm³/mol. The van der Waals surface area contributed by atoms with Gasteiger partial charge in [-0.15, -0.1) is 0 Å². The molecule has 1 aromatic rings. The van der Waals surface area contributed by atoms with Crippen LogP contribution < -0.4 is 10.7 Å². The van der Waals surface area contributed by atoms with E-state index in [1.54, 1.807) is 12.1 Å². The Hall–Kier alpha value is -3.67. The van der Waals surface area contributed by atoms with Gasteiger partial charge >= 0.3 is 12.0 Å². The zero-order chi connectivity index (χ0) is 24.1. The molecule has 3 rings (SSSR count). The van der Waals surface area contributed by atoms with Crippen molar-refractivity contribution in [3.05, 3.63) is 34.9 Å². The van der Waals surface area contributed by atoms with Gasteiger partial charge in [0.05, 0.1) is 19.0 Å². The van der Waals surface area contributed by atoms with Crippen molar-refractivity contribution in [2.45, 2.75) is 37.8 Å². The maximum absolute atomic E-state index is 13.3. The monoisotopic (exact) mass is 479 g/mol. The Morgan fingerprint density at radius 3 is 2.67 bits per heavy atom. The molecule has 3 N–H and O–H groups in total. The number of hydrazine groups is 2. The molecule has 13 heteroatoms. The highest BCUT2D eigenvalue weighted by Gasteiger charge is 2.44. The van der Waals surface area contributed by atoms with E-state index < -0.39 is 48.2 Å². The van der Waals surface area contributed by atoms with Crippen LogP contribution in [0.2, 0.25) is 5.02 Å². The van der Waals surface area contributed by atoms with E-state index in [9.17, 15) is 28.8 Å². The highest BCUT2D eigenvalue weighted by atomic mass is 35.5. The zero-order valence-electron chi connectivity index (χ0n) is 17.4. The standard InChI is InChI=1S/C20H22ClN5O7/c21-13-4-1-3-12(9-13)18(31)23-24-8-6-16(28)25-7-2-5-15(26(25)20(24)33)19(32)22-14(11-27)10-17(29)30/h1,3-4,9,11,14-15H,2,5-8,10H2,(H,22,32)(H,23,31)(H,29,30). The first-order valence-corrected chi connectivity index (χ1v) is 10.5. The summed E-state index contributed by atoms with van der Waals surface area (Å²) in [5, 5.41) is 14.6. The van der Waals surface area contributed by atoms with Gasteiger partial charge in [-0.25, -0.2) is 19.8 Å². The smallest absolute Gasteiger partial charge is 0.358 e. The summed E-state index contributed by atoms with van der Waals surface area (Å²) < 4.78 is 0. The number of urea groups is 1. The fraction of sp³-hybridized carbons (Fsp3) is 0.400. The number of amides is 5. The average Bonchev–Trinajstić information content (AvgIpc) is 2.90. The summed E-state index contributed by atoms with van der Waals surface area (Å²) >= 11 is 5.91. The zero-order valence-corrected chi connectivity index (χ0v) is 18.2. The van der Waals surface area contributed by atoms with Gasteiger partial charge < -0.3 is 15.2 Å². The maximum atomic E-state index is 13.3. The van der Waals surface area contributed by atoms with Crippen molar-refractivity contribution in [3.8, 4) is 0 Å². The Labute approximate surface area is 193 Å². The van der Waals surface area contributed by atoms with Gasteiger partial charge in [-0.1, -0.05) is 17.7 Å². The summed E-state index contributed by atoms with van der Waals surface area (Å²) in [7, 11) is 0. The van der Waals surface area contributed by atoms with Gasteiger partial charge in [0, 0.05) is 23.6 Å². The third-order valence-corrected chi connectivity index (χ3v) is 5.41. The van der Waals surface area contributed by atoms with Gasteiger partial charge in [0.2, 0.25) is 11.8 Å². The van der Waals surface area contributed by atoms with Crippen LogP contribution in [0, 0.1) is 0 Å². The molecule has 0 bridgehead atoms. The highest BCUT2D eigenvalue weighted by Crippen LogP contribution is 2.24. The largest absolute Gasteiger partial charge is 0.481 e. The second kappa shape index (κ2) is 10.3. The molecule has 0 radical (unpaired) electrons. The third kappa shape index (κ3) is 5.58. The Balaban J connectivity index is 1.81. The van der Waals surface area contributed by atoms with Crippen LogP contribution in [0.3, 0.4) is 0 Å². The number of carboxylic acids is 1. The summed E-state index contributed by atoms with van der Waals surface area (Å²) in [4.78, 5) is 73.4. The minimum Gasteiger partial charge on any atom is -0.481 e. The number of nitrogens with one attached hydrogen (secondary N) is 2. The number of hydrogen-bond donors (Lipinski definition) is 3. The van der Waals surface area contributed by atoms with Crippen molar-refractivity contribution in [1.29, 1.82) is 0 Å². The van der Waals surface area contributed by atoms with Crippen LogP contribution in [-0.2, 0) is 19.2 Å². The van der Waals surface area contributed by atoms with E-state index in [1.807, 2.05) is 0 Å². The average molecular weight is 480 g/mol. The van der Waals surface area contributed by atoms with Crippen LogP contribution in [0.25, 0.3) is 0 Å². The summed E-state index contributed by atoms with van der Waals surface area (Å²) in [5.41, 5.74) is 2.64. The number of hydrogen-bond acceptors (Lipinski definition) is 6. The number of carbonyl (C=O) groups excluding carboxylic acids is 5. The summed E-state index contributed by atoms with van der Waals surface area (Å²) in [6, 6.07) is 2.79. The molecule has 2 aliphatic heterocycles. The van der Waals surface area contributed by atoms with Crippen LogP contribution in [0.15, 0.2) is 24.3 Å². The summed E-state index contributed by atoms with van der Waals surface area (Å²) in [6.45, 7) is 0.0674. The van der Waals surface area contributed by atoms with Gasteiger partial charge in [-0.3, -0.25) is 24.6 Å². The van der Waals surface area contributed by atoms with Gasteiger partial charge in [0.15, 0.2) is 0 Å². The van der Waals surface area contributed by atoms with E-state index >= 15 is 0 Å². The summed E-state index contributed by atoms with van der Waals surface area (Å²) in [6.07, 6.45) is 0.158. The fourth-order valence-corrected chi connectivity index (χ4v) is 3.82. The van der Waals surface area contributed by atoms with Crippen molar-refractivity contribution < 1.29 is 33.9 Å². The number of halogens is 1. The lowest BCUT2D eigenvalue weighted by atomic mass is 10.1. The molecule has 0 spiro atoms. The van der Waals surface area contributed by atoms with Crippen LogP contribution in [0.1, 0.15) is 36.0 Å². The lowest BCUT2D eigenvalue weighted by molar-refractivity contribution is -0.155. The van der Waals surface area contributed by atoms with Crippen molar-refractivity contribution in [3.63, 3.8) is 0 Å². The highest BCUT2D eigenvalue weighted by molar-refractivity contribution is 6.31. The van der Waals surface area contributed by atoms with E-state index in [0.717, 1.165) is 15.0 Å². The molecule has 5 amide bonds. The first kappa shape index (κ1) is 24.0. The van der Waals surface area contributed by atoms with E-state index in [4.69, 9.17) is 16.7 Å². The Kier molecular flexibility index (Phi) is 7.48. The molecule has 0 aromatic heterocycles. The molecule has 2 saturated heterocycles. The van der Waals surface area contributed by atoms with Crippen molar-refractivity contribution in [2.75, 3.05) is 13.1 Å². The van der Waals surface area contributed by atoms with Crippen LogP contribution in [-0.4, -0.2) is 81.3 Å². The fourth-order valence-electron chi connectivity index (χ4n) is 3.63. The van der Waals surface area contributed by atoms with E-state index in [0.29, 0.717) is 17.7 Å². The number of nitrogens with zero attached hydrogens (tertiary/aromatic N) is 3. The summed E-state index contributed by atoms with van der Waals surface area (Å²) in [5.74, 6) is -3.11. The van der Waals surface area contributed by atoms with E-state index in [2.05, 4.69) is 10.7 Å². The van der Waals surface area contributed by atoms with Crippen molar-refractivity contribution >= 4 is 47.6 Å². The minimum absolute atomic E-state index is 0.0949. The predicted octanol–water partition coefficient (Wildman–Crippen LogP) is 0.177. The number of fused-ring (bicyclic) bond motifs is 1. The van der Waals surface area contributed by atoms with Crippen LogP contribution >= 0.6 is 11.6 Å². The number of aldehydes is 1. The molecule has 2 atom stereocenters. The molecular weight excluding hydrogens is 458 g/mol. The van der Waals surface area contributed by atoms with Gasteiger partial charge in [0.1, 0.15) is 12.3 Å². The van der Waals surface area contributed by atoms with Gasteiger partial charge in [-0.05, 0) is 31.0 Å². The first-order chi connectivity index (χ1) is 15.7. The quantitative estimate of drug-likeness (QED) is 0.471. The number of aliphatic carboxylic acids is 1. The third-order valence-electron chi connectivity index (χ3n) is 5.18. The Morgan fingerprint density at radius 2 is 2.00 bits per heavy atom. The molecule has 2 fully saturated rings. The molecule has 1 aromatic carbocycles. The van der Waals surface area contributed by atoms with Gasteiger partial charge in [0.25, 0.3) is 5.91 Å². The SMILES string of the molecule is O=CC(CC(=O)O)NC(=O)C1CCCN2C(=O)CCN(NC(=O)c3cccc(Cl)c3)C(=O)N12. The number of carbonyl (C=O) groups is 6. The number of rotatable bonds is 7. The molecule has 0 saturated carbocycles. The normalized spacial score (nSPS) is 19.3.